The third-order valence-electron chi connectivity index (χ3n) is 5.01. The average molecular weight is 436 g/mol. The molecule has 0 spiro atoms. The lowest BCUT2D eigenvalue weighted by Gasteiger charge is -2.36. The number of carbonyl (C=O) groups excluding carboxylic acids is 2. The molecule has 1 amide bonds. The first-order valence-electron chi connectivity index (χ1n) is 9.37. The first-order valence-corrected chi connectivity index (χ1v) is 9.37. The Labute approximate surface area is 176 Å². The molecular weight excluding hydrogens is 415 g/mol. The number of nitrogens with zero attached hydrogens (tertiary/aromatic N) is 2. The van der Waals surface area contributed by atoms with E-state index in [1.165, 1.54) is 25.2 Å². The van der Waals surface area contributed by atoms with E-state index >= 15 is 0 Å². The highest BCUT2D eigenvalue weighted by Gasteiger charge is 2.51. The second kappa shape index (κ2) is 8.12. The van der Waals surface area contributed by atoms with E-state index in [1.54, 1.807) is 25.2 Å². The number of hydrogen-bond donors (Lipinski definition) is 1. The summed E-state index contributed by atoms with van der Waals surface area (Å²) in [4.78, 5) is 23.1. The van der Waals surface area contributed by atoms with E-state index in [2.05, 4.69) is 9.84 Å². The Balaban J connectivity index is 2.33. The standard InChI is InChI=1S/C21H20F3N3O4/c1-3-31-20(10-5-4-6-11-20)17-14(19(25)29)8-7-9-15(17)27(2)12-16(30-13-28)18(26-27)21(22,23)24/h4-10,12-13H,3,11H2,1-2H3,(H-,25,29)/p+1. The van der Waals surface area contributed by atoms with Gasteiger partial charge in [0.2, 0.25) is 17.4 Å². The molecule has 10 heteroatoms. The zero-order valence-corrected chi connectivity index (χ0v) is 16.8. The van der Waals surface area contributed by atoms with E-state index < -0.39 is 33.7 Å². The molecule has 2 atom stereocenters. The van der Waals surface area contributed by atoms with Crippen LogP contribution in [0.1, 0.15) is 29.3 Å². The molecule has 0 aromatic heterocycles. The molecule has 7 nitrogen and oxygen atoms in total. The molecule has 0 radical (unpaired) electrons. The van der Waals surface area contributed by atoms with Crippen LogP contribution in [0.2, 0.25) is 0 Å². The summed E-state index contributed by atoms with van der Waals surface area (Å²) < 4.78 is 50.5. The van der Waals surface area contributed by atoms with Gasteiger partial charge in [0, 0.05) is 19.1 Å². The van der Waals surface area contributed by atoms with E-state index in [4.69, 9.17) is 10.5 Å². The Morgan fingerprint density at radius 1 is 1.35 bits per heavy atom. The molecular formula is C21H21F3N3O4+. The van der Waals surface area contributed by atoms with E-state index in [1.807, 2.05) is 6.08 Å². The molecule has 0 saturated heterocycles. The topological polar surface area (TPSA) is 91.0 Å². The maximum absolute atomic E-state index is 13.6. The Morgan fingerprint density at radius 3 is 2.65 bits per heavy atom. The van der Waals surface area contributed by atoms with Gasteiger partial charge in [-0.3, -0.25) is 9.59 Å². The summed E-state index contributed by atoms with van der Waals surface area (Å²) in [6.07, 6.45) is 3.58. The van der Waals surface area contributed by atoms with Gasteiger partial charge in [-0.15, -0.1) is 4.59 Å². The summed E-state index contributed by atoms with van der Waals surface area (Å²) in [5, 5.41) is 3.81. The van der Waals surface area contributed by atoms with Gasteiger partial charge in [0.25, 0.3) is 6.47 Å². The zero-order valence-electron chi connectivity index (χ0n) is 16.8. The molecule has 1 aromatic carbocycles. The number of carbonyl (C=O) groups is 2. The molecule has 2 aliphatic rings. The van der Waals surface area contributed by atoms with Crippen LogP contribution >= 0.6 is 0 Å². The summed E-state index contributed by atoms with van der Waals surface area (Å²) in [5.74, 6) is -1.50. The summed E-state index contributed by atoms with van der Waals surface area (Å²) in [7, 11) is 1.37. The Morgan fingerprint density at radius 2 is 2.10 bits per heavy atom. The van der Waals surface area contributed by atoms with Crippen molar-refractivity contribution in [3.63, 3.8) is 0 Å². The van der Waals surface area contributed by atoms with Gasteiger partial charge in [0.05, 0.1) is 11.1 Å². The fourth-order valence-corrected chi connectivity index (χ4v) is 3.82. The van der Waals surface area contributed by atoms with Crippen LogP contribution in [-0.4, -0.2) is 37.9 Å². The van der Waals surface area contributed by atoms with Gasteiger partial charge in [0.15, 0.2) is 11.9 Å². The molecule has 0 bridgehead atoms. The second-order valence-electron chi connectivity index (χ2n) is 7.06. The van der Waals surface area contributed by atoms with E-state index in [-0.39, 0.29) is 24.3 Å². The van der Waals surface area contributed by atoms with Crippen LogP contribution in [0.25, 0.3) is 0 Å². The Kier molecular flexibility index (Phi) is 5.88. The van der Waals surface area contributed by atoms with Crippen molar-refractivity contribution in [2.24, 2.45) is 10.8 Å². The SMILES string of the molecule is CCOC1(c2c(C(N)=O)cccc2[N+]2(C)C=C(OC=O)C(C(F)(F)F)=N2)C=CC=CC1. The van der Waals surface area contributed by atoms with Gasteiger partial charge in [-0.25, -0.2) is 0 Å². The third kappa shape index (κ3) is 4.04. The monoisotopic (exact) mass is 436 g/mol. The third-order valence-corrected chi connectivity index (χ3v) is 5.01. The van der Waals surface area contributed by atoms with E-state index in [0.29, 0.717) is 12.0 Å². The second-order valence-corrected chi connectivity index (χ2v) is 7.06. The number of allylic oxidation sites excluding steroid dienone is 3. The Hall–Kier alpha value is -3.24. The van der Waals surface area contributed by atoms with Gasteiger partial charge in [-0.2, -0.15) is 13.2 Å². The maximum atomic E-state index is 13.6. The predicted molar refractivity (Wildman–Crippen MR) is 108 cm³/mol. The number of ether oxygens (including phenoxy) is 2. The number of alkyl halides is 3. The summed E-state index contributed by atoms with van der Waals surface area (Å²) >= 11 is 0. The zero-order chi connectivity index (χ0) is 22.9. The van der Waals surface area contributed by atoms with Gasteiger partial charge in [-0.1, -0.05) is 29.4 Å². The number of benzene rings is 1. The molecule has 1 heterocycles. The number of primary amides is 1. The van der Waals surface area contributed by atoms with Crippen molar-refractivity contribution in [3.8, 4) is 0 Å². The molecule has 3 rings (SSSR count). The van der Waals surface area contributed by atoms with Crippen LogP contribution in [0.3, 0.4) is 0 Å². The first-order chi connectivity index (χ1) is 14.6. The van der Waals surface area contributed by atoms with Crippen LogP contribution in [0.5, 0.6) is 0 Å². The average Bonchev–Trinajstić information content (AvgIpc) is 3.07. The van der Waals surface area contributed by atoms with E-state index in [0.717, 1.165) is 6.20 Å². The minimum atomic E-state index is -4.86. The molecule has 2 unspecified atom stereocenters. The van der Waals surface area contributed by atoms with Crippen LogP contribution in [0, 0.1) is 0 Å². The van der Waals surface area contributed by atoms with Crippen molar-refractivity contribution in [1.82, 2.24) is 4.59 Å². The van der Waals surface area contributed by atoms with Crippen molar-refractivity contribution >= 4 is 23.8 Å². The Bertz CT molecular complexity index is 1030. The normalized spacial score (nSPS) is 25.2. The number of amides is 1. The minimum absolute atomic E-state index is 0.0900. The molecule has 0 saturated carbocycles. The lowest BCUT2D eigenvalue weighted by atomic mass is 9.82. The molecule has 2 N–H and O–H groups in total. The molecule has 1 aliphatic carbocycles. The number of halogens is 3. The van der Waals surface area contributed by atoms with Crippen molar-refractivity contribution in [1.29, 1.82) is 0 Å². The number of rotatable bonds is 7. The van der Waals surface area contributed by atoms with Crippen LogP contribution in [-0.2, 0) is 19.9 Å². The fraction of sp³-hybridized carbons (Fsp3) is 0.286. The molecule has 164 valence electrons. The van der Waals surface area contributed by atoms with Gasteiger partial charge >= 0.3 is 6.18 Å². The van der Waals surface area contributed by atoms with Crippen LogP contribution in [0.15, 0.2) is 59.6 Å². The molecule has 1 aliphatic heterocycles. The van der Waals surface area contributed by atoms with Crippen molar-refractivity contribution in [3.05, 3.63) is 65.6 Å². The quantitative estimate of drug-likeness (QED) is 0.524. The summed E-state index contributed by atoms with van der Waals surface area (Å²) in [6.45, 7) is 1.93. The summed E-state index contributed by atoms with van der Waals surface area (Å²) in [5.41, 5.74) is 3.72. The lowest BCUT2D eigenvalue weighted by Crippen LogP contribution is -2.39. The maximum Gasteiger partial charge on any atom is 0.442 e. The fourth-order valence-electron chi connectivity index (χ4n) is 3.82. The molecule has 31 heavy (non-hydrogen) atoms. The number of quaternary nitrogens is 1. The van der Waals surface area contributed by atoms with Gasteiger partial charge in [0.1, 0.15) is 12.6 Å². The first kappa shape index (κ1) is 22.4. The minimum Gasteiger partial charge on any atom is -0.420 e. The van der Waals surface area contributed by atoms with Crippen molar-refractivity contribution in [2.45, 2.75) is 25.1 Å². The highest BCUT2D eigenvalue weighted by Crippen LogP contribution is 2.45. The number of hydrogen-bond acceptors (Lipinski definition) is 5. The highest BCUT2D eigenvalue weighted by atomic mass is 19.4. The summed E-state index contributed by atoms with van der Waals surface area (Å²) in [6, 6.07) is 4.52. The van der Waals surface area contributed by atoms with Gasteiger partial charge < -0.3 is 15.2 Å². The molecule has 1 aromatic rings. The van der Waals surface area contributed by atoms with Gasteiger partial charge in [-0.05, 0) is 19.1 Å². The smallest absolute Gasteiger partial charge is 0.420 e. The number of nitrogens with two attached hydrogens (primary N) is 1. The largest absolute Gasteiger partial charge is 0.442 e. The predicted octanol–water partition coefficient (Wildman–Crippen LogP) is 3.42. The van der Waals surface area contributed by atoms with Crippen LogP contribution in [0.4, 0.5) is 18.9 Å². The molecule has 0 fully saturated rings. The van der Waals surface area contributed by atoms with E-state index in [9.17, 15) is 22.8 Å². The van der Waals surface area contributed by atoms with Crippen molar-refractivity contribution in [2.75, 3.05) is 13.7 Å². The van der Waals surface area contributed by atoms with Crippen molar-refractivity contribution < 1.29 is 32.2 Å². The highest BCUT2D eigenvalue weighted by molar-refractivity contribution is 6.05. The van der Waals surface area contributed by atoms with Crippen LogP contribution < -0.4 is 10.3 Å². The lowest BCUT2D eigenvalue weighted by molar-refractivity contribution is -0.124.